The molecule has 0 aromatic rings. The number of hydrogen-bond donors (Lipinski definition) is 1. The molecule has 0 spiro atoms. The first-order valence-electron chi connectivity index (χ1n) is 5.24. The van der Waals surface area contributed by atoms with Crippen molar-refractivity contribution < 1.29 is 8.42 Å². The summed E-state index contributed by atoms with van der Waals surface area (Å²) in [4.78, 5) is 0. The molecule has 14 heavy (non-hydrogen) atoms. The molecular formula is C10H23NO2S. The Kier molecular flexibility index (Phi) is 5.67. The fourth-order valence-electron chi connectivity index (χ4n) is 0.941. The molecule has 0 aromatic carbocycles. The summed E-state index contributed by atoms with van der Waals surface area (Å²) in [6.07, 6.45) is 2.79. The van der Waals surface area contributed by atoms with Crippen LogP contribution in [-0.4, -0.2) is 20.7 Å². The predicted molar refractivity (Wildman–Crippen MR) is 60.8 cm³/mol. The van der Waals surface area contributed by atoms with Gasteiger partial charge in [-0.1, -0.05) is 40.5 Å². The van der Waals surface area contributed by atoms with Crippen LogP contribution in [0.3, 0.4) is 0 Å². The van der Waals surface area contributed by atoms with Crippen LogP contribution < -0.4 is 4.72 Å². The molecule has 86 valence electrons. The fraction of sp³-hybridized carbons (Fsp3) is 1.00. The van der Waals surface area contributed by atoms with Crippen molar-refractivity contribution in [1.82, 2.24) is 4.72 Å². The third-order valence-corrected chi connectivity index (χ3v) is 3.25. The second kappa shape index (κ2) is 5.71. The van der Waals surface area contributed by atoms with E-state index in [9.17, 15) is 8.42 Å². The first-order valence-corrected chi connectivity index (χ1v) is 6.89. The minimum Gasteiger partial charge on any atom is -0.215 e. The largest absolute Gasteiger partial charge is 0.215 e. The van der Waals surface area contributed by atoms with Gasteiger partial charge in [0.1, 0.15) is 0 Å². The molecule has 0 amide bonds. The van der Waals surface area contributed by atoms with Gasteiger partial charge >= 0.3 is 0 Å². The number of rotatable bonds is 6. The summed E-state index contributed by atoms with van der Waals surface area (Å²) >= 11 is 0. The lowest BCUT2D eigenvalue weighted by Gasteiger charge is -2.18. The molecule has 0 aliphatic rings. The van der Waals surface area contributed by atoms with Crippen molar-refractivity contribution in [1.29, 1.82) is 0 Å². The van der Waals surface area contributed by atoms with E-state index in [0.717, 1.165) is 19.3 Å². The van der Waals surface area contributed by atoms with E-state index in [1.165, 1.54) is 0 Å². The van der Waals surface area contributed by atoms with Crippen molar-refractivity contribution in [3.05, 3.63) is 0 Å². The highest BCUT2D eigenvalue weighted by Gasteiger charge is 2.15. The van der Waals surface area contributed by atoms with E-state index in [2.05, 4.69) is 11.6 Å². The number of unbranched alkanes of at least 4 members (excludes halogenated alkanes) is 2. The van der Waals surface area contributed by atoms with Crippen molar-refractivity contribution in [2.75, 3.05) is 12.3 Å². The summed E-state index contributed by atoms with van der Waals surface area (Å²) in [5, 5.41) is 0. The number of nitrogens with one attached hydrogen (secondary N) is 1. The van der Waals surface area contributed by atoms with Gasteiger partial charge in [0, 0.05) is 6.54 Å². The van der Waals surface area contributed by atoms with Crippen molar-refractivity contribution in [3.63, 3.8) is 0 Å². The van der Waals surface area contributed by atoms with Gasteiger partial charge in [-0.05, 0) is 11.8 Å². The second-order valence-electron chi connectivity index (χ2n) is 4.91. The Morgan fingerprint density at radius 3 is 2.14 bits per heavy atom. The lowest BCUT2D eigenvalue weighted by atomic mass is 9.98. The number of hydrogen-bond acceptors (Lipinski definition) is 2. The third-order valence-electron chi connectivity index (χ3n) is 1.84. The molecule has 0 radical (unpaired) electrons. The molecule has 0 aliphatic heterocycles. The van der Waals surface area contributed by atoms with Crippen LogP contribution in [0.5, 0.6) is 0 Å². The molecule has 0 rings (SSSR count). The average molecular weight is 221 g/mol. The van der Waals surface area contributed by atoms with Gasteiger partial charge in [-0.2, -0.15) is 0 Å². The Morgan fingerprint density at radius 1 is 1.14 bits per heavy atom. The van der Waals surface area contributed by atoms with Crippen molar-refractivity contribution in [2.24, 2.45) is 5.41 Å². The van der Waals surface area contributed by atoms with Gasteiger partial charge in [0.25, 0.3) is 0 Å². The molecule has 0 fully saturated rings. The fourth-order valence-corrected chi connectivity index (χ4v) is 2.32. The Hall–Kier alpha value is -0.0900. The molecule has 3 nitrogen and oxygen atoms in total. The lowest BCUT2D eigenvalue weighted by Crippen LogP contribution is -2.33. The van der Waals surface area contributed by atoms with E-state index >= 15 is 0 Å². The maximum Gasteiger partial charge on any atom is 0.211 e. The molecule has 0 atom stereocenters. The zero-order chi connectivity index (χ0) is 11.2. The summed E-state index contributed by atoms with van der Waals surface area (Å²) in [6, 6.07) is 0. The Balaban J connectivity index is 3.85. The zero-order valence-electron chi connectivity index (χ0n) is 9.76. The van der Waals surface area contributed by atoms with E-state index < -0.39 is 10.0 Å². The van der Waals surface area contributed by atoms with E-state index in [4.69, 9.17) is 0 Å². The van der Waals surface area contributed by atoms with Crippen LogP contribution in [0.25, 0.3) is 0 Å². The topological polar surface area (TPSA) is 46.2 Å². The van der Waals surface area contributed by atoms with Gasteiger partial charge in [-0.3, -0.25) is 0 Å². The zero-order valence-corrected chi connectivity index (χ0v) is 10.6. The highest BCUT2D eigenvalue weighted by molar-refractivity contribution is 7.89. The van der Waals surface area contributed by atoms with E-state index in [1.807, 2.05) is 20.8 Å². The van der Waals surface area contributed by atoms with E-state index in [0.29, 0.717) is 6.54 Å². The van der Waals surface area contributed by atoms with Crippen molar-refractivity contribution in [3.8, 4) is 0 Å². The van der Waals surface area contributed by atoms with Gasteiger partial charge in [-0.25, -0.2) is 13.1 Å². The van der Waals surface area contributed by atoms with Gasteiger partial charge in [-0.15, -0.1) is 0 Å². The van der Waals surface area contributed by atoms with Crippen molar-refractivity contribution in [2.45, 2.75) is 47.0 Å². The first-order chi connectivity index (χ1) is 6.27. The average Bonchev–Trinajstić information content (AvgIpc) is 2.00. The Bertz CT molecular complexity index is 239. The van der Waals surface area contributed by atoms with Gasteiger partial charge < -0.3 is 0 Å². The van der Waals surface area contributed by atoms with E-state index in [1.54, 1.807) is 0 Å². The summed E-state index contributed by atoms with van der Waals surface area (Å²) in [6.45, 7) is 8.63. The summed E-state index contributed by atoms with van der Waals surface area (Å²) in [7, 11) is -3.04. The molecule has 1 N–H and O–H groups in total. The van der Waals surface area contributed by atoms with E-state index in [-0.39, 0.29) is 11.2 Å². The van der Waals surface area contributed by atoms with Crippen LogP contribution in [0.15, 0.2) is 0 Å². The molecule has 0 saturated carbocycles. The summed E-state index contributed by atoms with van der Waals surface area (Å²) in [5.41, 5.74) is 0.0117. The predicted octanol–water partition coefficient (Wildman–Crippen LogP) is 2.14. The van der Waals surface area contributed by atoms with Crippen LogP contribution in [0.2, 0.25) is 0 Å². The maximum absolute atomic E-state index is 11.4. The molecule has 0 bridgehead atoms. The SMILES string of the molecule is CCCCCS(=O)(=O)NCC(C)(C)C. The minimum atomic E-state index is -3.04. The van der Waals surface area contributed by atoms with Gasteiger partial charge in [0.2, 0.25) is 10.0 Å². The van der Waals surface area contributed by atoms with Gasteiger partial charge in [0.05, 0.1) is 5.75 Å². The Morgan fingerprint density at radius 2 is 1.71 bits per heavy atom. The molecule has 4 heteroatoms. The third kappa shape index (κ3) is 8.51. The van der Waals surface area contributed by atoms with Gasteiger partial charge in [0.15, 0.2) is 0 Å². The van der Waals surface area contributed by atoms with Crippen molar-refractivity contribution >= 4 is 10.0 Å². The standard InChI is InChI=1S/C10H23NO2S/c1-5-6-7-8-14(12,13)11-9-10(2,3)4/h11H,5-9H2,1-4H3. The monoisotopic (exact) mass is 221 g/mol. The smallest absolute Gasteiger partial charge is 0.211 e. The highest BCUT2D eigenvalue weighted by atomic mass is 32.2. The second-order valence-corrected chi connectivity index (χ2v) is 6.83. The molecule has 0 aromatic heterocycles. The maximum atomic E-state index is 11.4. The number of sulfonamides is 1. The van der Waals surface area contributed by atoms with Crippen LogP contribution in [0.4, 0.5) is 0 Å². The first kappa shape index (κ1) is 13.9. The quantitative estimate of drug-likeness (QED) is 0.698. The minimum absolute atomic E-state index is 0.0117. The summed E-state index contributed by atoms with van der Waals surface area (Å²) < 4.78 is 25.5. The van der Waals surface area contributed by atoms with Crippen LogP contribution >= 0.6 is 0 Å². The van der Waals surface area contributed by atoms with Crippen LogP contribution in [0, 0.1) is 5.41 Å². The molecule has 0 unspecified atom stereocenters. The normalized spacial score (nSPS) is 13.1. The molecule has 0 aliphatic carbocycles. The lowest BCUT2D eigenvalue weighted by molar-refractivity contribution is 0.407. The molecule has 0 saturated heterocycles. The van der Waals surface area contributed by atoms with Crippen LogP contribution in [-0.2, 0) is 10.0 Å². The summed E-state index contributed by atoms with van der Waals surface area (Å²) in [5.74, 6) is 0.261. The molecular weight excluding hydrogens is 198 g/mol. The van der Waals surface area contributed by atoms with Crippen LogP contribution in [0.1, 0.15) is 47.0 Å². The Labute approximate surface area is 88.3 Å². The molecule has 0 heterocycles. The highest BCUT2D eigenvalue weighted by Crippen LogP contribution is 2.11.